The molecule has 3 aromatic carbocycles. The lowest BCUT2D eigenvalue weighted by Gasteiger charge is -2.35. The summed E-state index contributed by atoms with van der Waals surface area (Å²) < 4.78 is 10.9. The molecule has 1 aliphatic heterocycles. The average Bonchev–Trinajstić information content (AvgIpc) is 3.47. The number of rotatable bonds is 7. The molecule has 0 aliphatic carbocycles. The number of nitrogens with one attached hydrogen (secondary N) is 2. The summed E-state index contributed by atoms with van der Waals surface area (Å²) in [5.41, 5.74) is 3.19. The zero-order valence-corrected chi connectivity index (χ0v) is 19.9. The van der Waals surface area contributed by atoms with Crippen LogP contribution in [0, 0.1) is 0 Å². The number of nitrogens with zero attached hydrogens (tertiary/aromatic N) is 1. The van der Waals surface area contributed by atoms with Gasteiger partial charge in [0.05, 0.1) is 6.26 Å². The van der Waals surface area contributed by atoms with Crippen molar-refractivity contribution in [2.24, 2.45) is 0 Å². The number of amides is 3. The predicted octanol–water partition coefficient (Wildman–Crippen LogP) is 4.50. The van der Waals surface area contributed by atoms with Crippen molar-refractivity contribution in [3.63, 3.8) is 0 Å². The van der Waals surface area contributed by atoms with Crippen LogP contribution in [0.3, 0.4) is 0 Å². The number of carbonyl (C=O) groups excluding carboxylic acids is 3. The van der Waals surface area contributed by atoms with Crippen molar-refractivity contribution in [1.29, 1.82) is 0 Å². The predicted molar refractivity (Wildman–Crippen MR) is 138 cm³/mol. The molecule has 0 saturated heterocycles. The van der Waals surface area contributed by atoms with Gasteiger partial charge >= 0.3 is 0 Å². The first kappa shape index (κ1) is 23.9. The van der Waals surface area contributed by atoms with E-state index in [0.29, 0.717) is 30.1 Å². The molecule has 1 aliphatic rings. The highest BCUT2D eigenvalue weighted by Crippen LogP contribution is 2.27. The number of ether oxygens (including phenoxy) is 1. The molecule has 0 spiro atoms. The van der Waals surface area contributed by atoms with Crippen LogP contribution in [-0.4, -0.2) is 35.3 Å². The molecule has 4 aromatic rings. The molecule has 0 bridgehead atoms. The Kier molecular flexibility index (Phi) is 6.98. The molecule has 3 amide bonds. The van der Waals surface area contributed by atoms with E-state index < -0.39 is 6.04 Å². The van der Waals surface area contributed by atoms with Gasteiger partial charge in [0.15, 0.2) is 12.4 Å². The van der Waals surface area contributed by atoms with Gasteiger partial charge in [0, 0.05) is 30.4 Å². The summed E-state index contributed by atoms with van der Waals surface area (Å²) in [7, 11) is 0. The first-order valence-electron chi connectivity index (χ1n) is 11.9. The number of fused-ring (bicyclic) bond motifs is 1. The second-order valence-corrected chi connectivity index (χ2v) is 8.62. The van der Waals surface area contributed by atoms with Gasteiger partial charge in [0.1, 0.15) is 11.8 Å². The van der Waals surface area contributed by atoms with E-state index in [4.69, 9.17) is 9.15 Å². The zero-order valence-electron chi connectivity index (χ0n) is 19.9. The topological polar surface area (TPSA) is 101 Å². The summed E-state index contributed by atoms with van der Waals surface area (Å²) in [4.78, 5) is 40.3. The van der Waals surface area contributed by atoms with E-state index in [1.54, 1.807) is 48.5 Å². The summed E-state index contributed by atoms with van der Waals surface area (Å²) >= 11 is 0. The molecule has 0 saturated carbocycles. The number of anilines is 2. The Hall–Kier alpha value is -4.85. The minimum Gasteiger partial charge on any atom is -0.484 e. The van der Waals surface area contributed by atoms with Crippen LogP contribution in [0.5, 0.6) is 5.75 Å². The van der Waals surface area contributed by atoms with Crippen molar-refractivity contribution in [1.82, 2.24) is 4.90 Å². The number of para-hydroxylation sites is 1. The Morgan fingerprint density at radius 1 is 0.838 bits per heavy atom. The van der Waals surface area contributed by atoms with E-state index in [2.05, 4.69) is 10.6 Å². The van der Waals surface area contributed by atoms with Crippen molar-refractivity contribution < 1.29 is 23.5 Å². The molecule has 8 nitrogen and oxygen atoms in total. The fourth-order valence-electron chi connectivity index (χ4n) is 4.27. The largest absolute Gasteiger partial charge is 0.484 e. The third-order valence-electron chi connectivity index (χ3n) is 6.07. The monoisotopic (exact) mass is 495 g/mol. The third-order valence-corrected chi connectivity index (χ3v) is 6.07. The SMILES string of the molecule is O=C(COc1cccc(NC(=O)C2Cc3ccccc3CN2C(=O)c2ccco2)c1)Nc1ccccc1. The van der Waals surface area contributed by atoms with Crippen molar-refractivity contribution >= 4 is 29.1 Å². The highest BCUT2D eigenvalue weighted by molar-refractivity contribution is 6.00. The molecule has 0 fully saturated rings. The van der Waals surface area contributed by atoms with Gasteiger partial charge in [-0.2, -0.15) is 0 Å². The molecule has 37 heavy (non-hydrogen) atoms. The maximum Gasteiger partial charge on any atom is 0.290 e. The van der Waals surface area contributed by atoms with Gasteiger partial charge in [-0.15, -0.1) is 0 Å². The lowest BCUT2D eigenvalue weighted by atomic mass is 9.93. The smallest absolute Gasteiger partial charge is 0.290 e. The molecule has 0 radical (unpaired) electrons. The van der Waals surface area contributed by atoms with Crippen molar-refractivity contribution in [2.45, 2.75) is 19.0 Å². The Balaban J connectivity index is 1.27. The molecule has 2 heterocycles. The molecular formula is C29H25N3O5. The standard InChI is InChI=1S/C29H25N3O5/c33-27(30-22-10-2-1-3-11-22)19-37-24-13-6-12-23(17-24)31-28(34)25-16-20-8-4-5-9-21(20)18-32(25)29(35)26-14-7-15-36-26/h1-15,17,25H,16,18-19H2,(H,30,33)(H,31,34). The van der Waals surface area contributed by atoms with E-state index in [-0.39, 0.29) is 30.1 Å². The quantitative estimate of drug-likeness (QED) is 0.393. The maximum atomic E-state index is 13.4. The maximum absolute atomic E-state index is 13.4. The Labute approximate surface area is 213 Å². The van der Waals surface area contributed by atoms with E-state index in [1.165, 1.54) is 11.2 Å². The third kappa shape index (κ3) is 5.70. The molecule has 1 unspecified atom stereocenters. The number of furan rings is 1. The lowest BCUT2D eigenvalue weighted by molar-refractivity contribution is -0.121. The van der Waals surface area contributed by atoms with Crippen LogP contribution in [0.25, 0.3) is 0 Å². The van der Waals surface area contributed by atoms with E-state index >= 15 is 0 Å². The van der Waals surface area contributed by atoms with Crippen LogP contribution >= 0.6 is 0 Å². The van der Waals surface area contributed by atoms with E-state index in [1.807, 2.05) is 42.5 Å². The minimum absolute atomic E-state index is 0.182. The summed E-state index contributed by atoms with van der Waals surface area (Å²) in [6.45, 7) is 0.116. The highest BCUT2D eigenvalue weighted by atomic mass is 16.5. The molecule has 1 atom stereocenters. The number of carbonyl (C=O) groups is 3. The fraction of sp³-hybridized carbons (Fsp3) is 0.138. The van der Waals surface area contributed by atoms with Crippen LogP contribution < -0.4 is 15.4 Å². The molecule has 5 rings (SSSR count). The Morgan fingerprint density at radius 3 is 2.38 bits per heavy atom. The lowest BCUT2D eigenvalue weighted by Crippen LogP contribution is -2.50. The molecule has 8 heteroatoms. The highest BCUT2D eigenvalue weighted by Gasteiger charge is 2.36. The second kappa shape index (κ2) is 10.8. The molecule has 186 valence electrons. The van der Waals surface area contributed by atoms with Crippen LogP contribution in [0.2, 0.25) is 0 Å². The van der Waals surface area contributed by atoms with Crippen LogP contribution in [-0.2, 0) is 22.6 Å². The van der Waals surface area contributed by atoms with Gasteiger partial charge < -0.3 is 24.7 Å². The van der Waals surface area contributed by atoms with Gasteiger partial charge in [-0.3, -0.25) is 14.4 Å². The van der Waals surface area contributed by atoms with Crippen LogP contribution in [0.1, 0.15) is 21.7 Å². The van der Waals surface area contributed by atoms with Gasteiger partial charge in [-0.25, -0.2) is 0 Å². The van der Waals surface area contributed by atoms with Crippen LogP contribution in [0.4, 0.5) is 11.4 Å². The summed E-state index contributed by atoms with van der Waals surface area (Å²) in [6.07, 6.45) is 1.82. The summed E-state index contributed by atoms with van der Waals surface area (Å²) in [6, 6.07) is 26.2. The summed E-state index contributed by atoms with van der Waals surface area (Å²) in [5, 5.41) is 5.65. The zero-order chi connectivity index (χ0) is 25.6. The normalized spacial score (nSPS) is 14.4. The molecular weight excluding hydrogens is 470 g/mol. The van der Waals surface area contributed by atoms with E-state index in [0.717, 1.165) is 11.1 Å². The van der Waals surface area contributed by atoms with Gasteiger partial charge in [0.2, 0.25) is 5.91 Å². The average molecular weight is 496 g/mol. The van der Waals surface area contributed by atoms with E-state index in [9.17, 15) is 14.4 Å². The molecule has 2 N–H and O–H groups in total. The fourth-order valence-corrected chi connectivity index (χ4v) is 4.27. The van der Waals surface area contributed by atoms with Gasteiger partial charge in [-0.05, 0) is 47.5 Å². The minimum atomic E-state index is -0.728. The Morgan fingerprint density at radius 2 is 1.59 bits per heavy atom. The van der Waals surface area contributed by atoms with Gasteiger partial charge in [0.25, 0.3) is 11.8 Å². The first-order chi connectivity index (χ1) is 18.1. The molecule has 1 aromatic heterocycles. The number of benzene rings is 3. The number of hydrogen-bond acceptors (Lipinski definition) is 5. The van der Waals surface area contributed by atoms with Crippen LogP contribution in [0.15, 0.2) is 102 Å². The second-order valence-electron chi connectivity index (χ2n) is 8.62. The summed E-state index contributed by atoms with van der Waals surface area (Å²) in [5.74, 6) is -0.358. The Bertz CT molecular complexity index is 1400. The van der Waals surface area contributed by atoms with Crippen molar-refractivity contribution in [2.75, 3.05) is 17.2 Å². The first-order valence-corrected chi connectivity index (χ1v) is 11.9. The van der Waals surface area contributed by atoms with Gasteiger partial charge in [-0.1, -0.05) is 48.5 Å². The number of hydrogen-bond donors (Lipinski definition) is 2. The van der Waals surface area contributed by atoms with Crippen molar-refractivity contribution in [3.8, 4) is 5.75 Å². The van der Waals surface area contributed by atoms with Crippen molar-refractivity contribution in [3.05, 3.63) is 114 Å².